The van der Waals surface area contributed by atoms with Crippen LogP contribution in [0.15, 0.2) is 133 Å². The minimum absolute atomic E-state index is 0.493. The summed E-state index contributed by atoms with van der Waals surface area (Å²) in [5.41, 5.74) is 23.0. The highest BCUT2D eigenvalue weighted by atomic mass is 15.0. The first-order chi connectivity index (χ1) is 26.0. The molecule has 8 heteroatoms. The number of anilines is 2. The molecule has 4 aliphatic rings. The van der Waals surface area contributed by atoms with E-state index in [2.05, 4.69) is 105 Å². The van der Waals surface area contributed by atoms with Gasteiger partial charge in [0, 0.05) is 66.0 Å². The van der Waals surface area contributed by atoms with E-state index >= 15 is 0 Å². The lowest BCUT2D eigenvalue weighted by Gasteiger charge is -2.25. The van der Waals surface area contributed by atoms with Crippen LogP contribution in [-0.2, 0) is 13.1 Å². The predicted molar refractivity (Wildman–Crippen MR) is 219 cm³/mol. The van der Waals surface area contributed by atoms with Crippen molar-refractivity contribution in [3.8, 4) is 45.0 Å². The van der Waals surface area contributed by atoms with E-state index in [1.54, 1.807) is 0 Å². The maximum atomic E-state index is 8.45. The molecule has 53 heavy (non-hydrogen) atoms. The molecule has 0 unspecified atom stereocenters. The van der Waals surface area contributed by atoms with Gasteiger partial charge in [0.1, 0.15) is 0 Å². The second-order valence-electron chi connectivity index (χ2n) is 13.7. The Labute approximate surface area is 309 Å². The number of aromatic nitrogens is 2. The molecule has 2 aliphatic carbocycles. The fraction of sp³-hybridized carbons (Fsp3) is 0.156. The summed E-state index contributed by atoms with van der Waals surface area (Å²) in [4.78, 5) is 0. The van der Waals surface area contributed by atoms with Gasteiger partial charge in [0.2, 0.25) is 0 Å². The number of hydrogen-bond donors (Lipinski definition) is 6. The highest BCUT2D eigenvalue weighted by molar-refractivity contribution is 6.07. The molecule has 4 aromatic rings. The molecule has 0 saturated carbocycles. The van der Waals surface area contributed by atoms with Crippen molar-refractivity contribution in [2.24, 2.45) is 0 Å². The van der Waals surface area contributed by atoms with Gasteiger partial charge in [0.15, 0.2) is 0 Å². The van der Waals surface area contributed by atoms with Crippen LogP contribution in [0.4, 0.5) is 11.4 Å². The van der Waals surface area contributed by atoms with E-state index in [1.165, 1.54) is 0 Å². The Morgan fingerprint density at radius 2 is 0.925 bits per heavy atom. The lowest BCUT2D eigenvalue weighted by molar-refractivity contribution is 0.549. The number of hydrogen-bond acceptors (Lipinski definition) is 6. The van der Waals surface area contributed by atoms with E-state index in [-0.39, 0.29) is 0 Å². The molecule has 0 spiro atoms. The summed E-state index contributed by atoms with van der Waals surface area (Å²) < 4.78 is 4.71. The number of benzene rings is 6. The molecule has 0 atom stereocenters. The Balaban J connectivity index is 0.967. The average Bonchev–Trinajstić information content (AvgIpc) is 3.17. The first kappa shape index (κ1) is 33.9. The van der Waals surface area contributed by atoms with E-state index < -0.39 is 0 Å². The van der Waals surface area contributed by atoms with Crippen LogP contribution in [0.2, 0.25) is 0 Å². The highest BCUT2D eigenvalue weighted by Crippen LogP contribution is 2.40. The lowest BCUT2D eigenvalue weighted by atomic mass is 9.95. The quantitative estimate of drug-likeness (QED) is 0.0448. The molecule has 0 saturated heterocycles. The fourth-order valence-corrected chi connectivity index (χ4v) is 7.74. The molecule has 8 N–H and O–H groups in total. The van der Waals surface area contributed by atoms with Gasteiger partial charge in [-0.2, -0.15) is 0 Å². The summed E-state index contributed by atoms with van der Waals surface area (Å²) in [5, 5.41) is 29.7. The Morgan fingerprint density at radius 1 is 0.453 bits per heavy atom. The van der Waals surface area contributed by atoms with Gasteiger partial charge in [0.25, 0.3) is 0 Å². The van der Waals surface area contributed by atoms with Crippen molar-refractivity contribution in [2.75, 3.05) is 37.6 Å². The third-order valence-corrected chi connectivity index (χ3v) is 10.1. The van der Waals surface area contributed by atoms with E-state index in [0.29, 0.717) is 10.7 Å². The fourth-order valence-electron chi connectivity index (χ4n) is 7.74. The van der Waals surface area contributed by atoms with Gasteiger partial charge in [-0.25, -0.2) is 0 Å². The summed E-state index contributed by atoms with van der Waals surface area (Å²) in [6, 6.07) is 45.0. The van der Waals surface area contributed by atoms with E-state index in [0.717, 1.165) is 124 Å². The smallest absolute Gasteiger partial charge is 0.0565 e. The van der Waals surface area contributed by atoms with Gasteiger partial charge in [-0.05, 0) is 83.4 Å². The molecule has 264 valence electrons. The topological polar surface area (TPSA) is 134 Å². The first-order valence-electron chi connectivity index (χ1n) is 18.3. The average molecular weight is 697 g/mol. The molecule has 2 heterocycles. The van der Waals surface area contributed by atoms with Crippen molar-refractivity contribution in [3.63, 3.8) is 0 Å². The van der Waals surface area contributed by atoms with Crippen LogP contribution in [0.25, 0.3) is 66.6 Å². The molecule has 0 radical (unpaired) electrons. The van der Waals surface area contributed by atoms with Gasteiger partial charge < -0.3 is 42.1 Å². The van der Waals surface area contributed by atoms with Crippen LogP contribution in [0.1, 0.15) is 6.42 Å². The Hall–Kier alpha value is -6.22. The Kier molecular flexibility index (Phi) is 9.46. The summed E-state index contributed by atoms with van der Waals surface area (Å²) >= 11 is 0. The van der Waals surface area contributed by atoms with Crippen LogP contribution in [0.3, 0.4) is 0 Å². The third-order valence-electron chi connectivity index (χ3n) is 10.1. The zero-order valence-corrected chi connectivity index (χ0v) is 29.7. The predicted octanol–water partition coefficient (Wildman–Crippen LogP) is 7.53. The maximum Gasteiger partial charge on any atom is 0.0565 e. The zero-order valence-electron chi connectivity index (χ0n) is 29.7. The van der Waals surface area contributed by atoms with Crippen LogP contribution in [0, 0.1) is 10.8 Å². The van der Waals surface area contributed by atoms with Crippen molar-refractivity contribution in [1.82, 2.24) is 19.8 Å². The van der Waals surface area contributed by atoms with E-state index in [1.807, 2.05) is 48.5 Å². The molecule has 8 nitrogen and oxygen atoms in total. The SMILES string of the molecule is N=c1ccc2c3ccc(N)cc3c(-c3ccccc3)n(CCCNCCNCCn3c4cc(=N)ccc-4c4ccc(N)cc4c3-c3ccccc3)c-2c1. The van der Waals surface area contributed by atoms with E-state index in [4.69, 9.17) is 22.3 Å². The molecule has 2 aliphatic heterocycles. The first-order valence-corrected chi connectivity index (χ1v) is 18.3. The second-order valence-corrected chi connectivity index (χ2v) is 13.7. The maximum absolute atomic E-state index is 8.45. The van der Waals surface area contributed by atoms with Gasteiger partial charge in [-0.15, -0.1) is 0 Å². The van der Waals surface area contributed by atoms with Crippen molar-refractivity contribution in [3.05, 3.63) is 144 Å². The van der Waals surface area contributed by atoms with Gasteiger partial charge >= 0.3 is 0 Å². The Morgan fingerprint density at radius 3 is 1.43 bits per heavy atom. The van der Waals surface area contributed by atoms with Crippen molar-refractivity contribution in [2.45, 2.75) is 19.5 Å². The molecule has 0 amide bonds. The largest absolute Gasteiger partial charge is 0.399 e. The van der Waals surface area contributed by atoms with Crippen molar-refractivity contribution >= 4 is 32.9 Å². The second kappa shape index (κ2) is 14.8. The van der Waals surface area contributed by atoms with E-state index in [9.17, 15) is 0 Å². The summed E-state index contributed by atoms with van der Waals surface area (Å²) in [6.07, 6.45) is 0.924. The molecule has 8 rings (SSSR count). The Bertz CT molecular complexity index is 2420. The van der Waals surface area contributed by atoms with Gasteiger partial charge in [-0.1, -0.05) is 84.9 Å². The molecule has 0 aromatic heterocycles. The number of nitrogens with one attached hydrogen (secondary N) is 4. The van der Waals surface area contributed by atoms with Crippen LogP contribution in [0.5, 0.6) is 0 Å². The van der Waals surface area contributed by atoms with Gasteiger partial charge in [0.05, 0.1) is 33.5 Å². The van der Waals surface area contributed by atoms with Crippen LogP contribution in [-0.4, -0.2) is 35.3 Å². The minimum atomic E-state index is 0.493. The lowest BCUT2D eigenvalue weighted by Crippen LogP contribution is -2.31. The molecule has 0 fully saturated rings. The number of nitrogens with two attached hydrogens (primary N) is 2. The van der Waals surface area contributed by atoms with Crippen molar-refractivity contribution in [1.29, 1.82) is 10.8 Å². The number of rotatable bonds is 12. The number of nitrogens with zero attached hydrogens (tertiary/aromatic N) is 2. The number of fused-ring (bicyclic) bond motifs is 6. The zero-order chi connectivity index (χ0) is 36.3. The highest BCUT2D eigenvalue weighted by Gasteiger charge is 2.20. The summed E-state index contributed by atoms with van der Waals surface area (Å²) in [5.74, 6) is 0. The number of pyridine rings is 2. The molecule has 0 bridgehead atoms. The standard InChI is InChI=1S/C45H44N8/c46-32-12-16-36-38-18-14-34(48)28-42(38)52(44(40(36)26-32)30-8-3-1-4-9-30)24-7-20-50-21-22-51-23-25-53-43-29-35(49)15-19-39(43)37-17-13-33(47)27-41(37)45(53)31-10-5-2-6-11-31/h1-6,8-19,26-29,48-51H,7,20-25,46-47H2. The summed E-state index contributed by atoms with van der Waals surface area (Å²) in [7, 11) is 0. The van der Waals surface area contributed by atoms with Gasteiger partial charge in [-0.3, -0.25) is 0 Å². The monoisotopic (exact) mass is 696 g/mol. The third kappa shape index (κ3) is 6.78. The number of nitrogen functional groups attached to an aromatic ring is 2. The van der Waals surface area contributed by atoms with Crippen molar-refractivity contribution < 1.29 is 0 Å². The minimum Gasteiger partial charge on any atom is -0.399 e. The molecular formula is C45H44N8. The molecular weight excluding hydrogens is 653 g/mol. The molecule has 4 aromatic carbocycles. The summed E-state index contributed by atoms with van der Waals surface area (Å²) in [6.45, 7) is 4.83. The van der Waals surface area contributed by atoms with Crippen LogP contribution >= 0.6 is 0 Å². The normalized spacial score (nSPS) is 11.6. The van der Waals surface area contributed by atoms with Crippen LogP contribution < -0.4 is 32.8 Å².